The van der Waals surface area contributed by atoms with Gasteiger partial charge in [-0.25, -0.2) is 0 Å². The first-order valence-corrected chi connectivity index (χ1v) is 7.80. The Morgan fingerprint density at radius 2 is 1.94 bits per heavy atom. The maximum absolute atomic E-state index is 12.2. The fourth-order valence-corrected chi connectivity index (χ4v) is 3.49. The SMILES string of the molecule is CCCCN(C)S(=O)(=O)N1CCC(NC)CC1. The summed E-state index contributed by atoms with van der Waals surface area (Å²) in [5.41, 5.74) is 0. The molecule has 1 fully saturated rings. The average molecular weight is 263 g/mol. The molecule has 0 atom stereocenters. The van der Waals surface area contributed by atoms with Crippen LogP contribution < -0.4 is 5.32 Å². The van der Waals surface area contributed by atoms with E-state index >= 15 is 0 Å². The third kappa shape index (κ3) is 3.91. The van der Waals surface area contributed by atoms with E-state index in [-0.39, 0.29) is 0 Å². The summed E-state index contributed by atoms with van der Waals surface area (Å²) in [5.74, 6) is 0. The third-order valence-electron chi connectivity index (χ3n) is 3.41. The van der Waals surface area contributed by atoms with E-state index in [0.717, 1.165) is 25.7 Å². The van der Waals surface area contributed by atoms with Crippen LogP contribution in [-0.2, 0) is 10.2 Å². The first-order chi connectivity index (χ1) is 8.02. The lowest BCUT2D eigenvalue weighted by Crippen LogP contribution is -2.48. The minimum Gasteiger partial charge on any atom is -0.317 e. The Balaban J connectivity index is 2.53. The molecule has 1 heterocycles. The summed E-state index contributed by atoms with van der Waals surface area (Å²) in [5, 5.41) is 3.20. The Hall–Kier alpha value is -0.170. The second-order valence-corrected chi connectivity index (χ2v) is 6.68. The molecule has 6 heteroatoms. The molecule has 0 aromatic heterocycles. The van der Waals surface area contributed by atoms with Gasteiger partial charge in [-0.2, -0.15) is 17.0 Å². The van der Waals surface area contributed by atoms with Gasteiger partial charge in [0, 0.05) is 32.7 Å². The first-order valence-electron chi connectivity index (χ1n) is 6.41. The zero-order valence-electron chi connectivity index (χ0n) is 11.1. The van der Waals surface area contributed by atoms with Gasteiger partial charge in [0.15, 0.2) is 0 Å². The van der Waals surface area contributed by atoms with E-state index in [1.54, 1.807) is 11.4 Å². The molecule has 17 heavy (non-hydrogen) atoms. The molecule has 1 aliphatic heterocycles. The van der Waals surface area contributed by atoms with E-state index < -0.39 is 10.2 Å². The van der Waals surface area contributed by atoms with Crippen LogP contribution >= 0.6 is 0 Å². The first kappa shape index (κ1) is 14.9. The quantitative estimate of drug-likeness (QED) is 0.765. The summed E-state index contributed by atoms with van der Waals surface area (Å²) >= 11 is 0. The van der Waals surface area contributed by atoms with Gasteiger partial charge in [-0.3, -0.25) is 0 Å². The fraction of sp³-hybridized carbons (Fsp3) is 1.00. The van der Waals surface area contributed by atoms with Crippen LogP contribution in [0.25, 0.3) is 0 Å². The van der Waals surface area contributed by atoms with Crippen molar-refractivity contribution in [1.29, 1.82) is 0 Å². The topological polar surface area (TPSA) is 52.7 Å². The number of piperidine rings is 1. The number of unbranched alkanes of at least 4 members (excludes halogenated alkanes) is 1. The molecule has 0 aromatic carbocycles. The molecule has 0 saturated carbocycles. The summed E-state index contributed by atoms with van der Waals surface area (Å²) in [6.07, 6.45) is 3.74. The van der Waals surface area contributed by atoms with E-state index in [4.69, 9.17) is 0 Å². The number of hydrogen-bond acceptors (Lipinski definition) is 3. The van der Waals surface area contributed by atoms with Crippen LogP contribution in [0.15, 0.2) is 0 Å². The highest BCUT2D eigenvalue weighted by Gasteiger charge is 2.30. The molecule has 0 bridgehead atoms. The van der Waals surface area contributed by atoms with E-state index in [0.29, 0.717) is 25.7 Å². The number of rotatable bonds is 6. The summed E-state index contributed by atoms with van der Waals surface area (Å²) < 4.78 is 27.5. The summed E-state index contributed by atoms with van der Waals surface area (Å²) in [6.45, 7) is 3.94. The molecule has 1 rings (SSSR count). The highest BCUT2D eigenvalue weighted by molar-refractivity contribution is 7.86. The molecule has 0 radical (unpaired) electrons. The van der Waals surface area contributed by atoms with Crippen molar-refractivity contribution in [3.63, 3.8) is 0 Å². The van der Waals surface area contributed by atoms with Gasteiger partial charge in [0.2, 0.25) is 0 Å². The van der Waals surface area contributed by atoms with Gasteiger partial charge in [-0.1, -0.05) is 13.3 Å². The molecule has 1 N–H and O–H groups in total. The normalized spacial score (nSPS) is 20.0. The van der Waals surface area contributed by atoms with Crippen LogP contribution in [0.2, 0.25) is 0 Å². The minimum atomic E-state index is -3.23. The van der Waals surface area contributed by atoms with Crippen LogP contribution in [0.3, 0.4) is 0 Å². The van der Waals surface area contributed by atoms with Crippen LogP contribution in [0.4, 0.5) is 0 Å². The van der Waals surface area contributed by atoms with Crippen molar-refractivity contribution in [3.8, 4) is 0 Å². The molecule has 0 spiro atoms. The Labute approximate surface area is 105 Å². The second kappa shape index (κ2) is 6.68. The van der Waals surface area contributed by atoms with Crippen LogP contribution in [-0.4, -0.2) is 56.8 Å². The molecule has 0 unspecified atom stereocenters. The van der Waals surface area contributed by atoms with Crippen molar-refractivity contribution >= 4 is 10.2 Å². The molecular weight excluding hydrogens is 238 g/mol. The molecule has 102 valence electrons. The largest absolute Gasteiger partial charge is 0.317 e. The standard InChI is InChI=1S/C11H25N3O2S/c1-4-5-8-13(3)17(15,16)14-9-6-11(12-2)7-10-14/h11-12H,4-10H2,1-3H3. The Morgan fingerprint density at radius 1 is 1.35 bits per heavy atom. The lowest BCUT2D eigenvalue weighted by molar-refractivity contribution is 0.279. The molecule has 0 amide bonds. The van der Waals surface area contributed by atoms with Gasteiger partial charge in [0.05, 0.1) is 0 Å². The molecule has 0 aromatic rings. The maximum atomic E-state index is 12.2. The van der Waals surface area contributed by atoms with Crippen molar-refractivity contribution in [2.24, 2.45) is 0 Å². The highest BCUT2D eigenvalue weighted by atomic mass is 32.2. The monoisotopic (exact) mass is 263 g/mol. The zero-order chi connectivity index (χ0) is 12.9. The number of nitrogens with zero attached hydrogens (tertiary/aromatic N) is 2. The minimum absolute atomic E-state index is 0.461. The molecule has 1 saturated heterocycles. The Kier molecular flexibility index (Phi) is 5.85. The molecule has 5 nitrogen and oxygen atoms in total. The van der Waals surface area contributed by atoms with Gasteiger partial charge in [-0.15, -0.1) is 0 Å². The van der Waals surface area contributed by atoms with Gasteiger partial charge in [-0.05, 0) is 26.3 Å². The van der Waals surface area contributed by atoms with Crippen molar-refractivity contribution in [1.82, 2.24) is 13.9 Å². The smallest absolute Gasteiger partial charge is 0.281 e. The van der Waals surface area contributed by atoms with E-state index in [1.165, 1.54) is 4.31 Å². The van der Waals surface area contributed by atoms with E-state index in [2.05, 4.69) is 12.2 Å². The summed E-state index contributed by atoms with van der Waals surface area (Å²) in [4.78, 5) is 0. The van der Waals surface area contributed by atoms with Crippen molar-refractivity contribution in [2.75, 3.05) is 33.7 Å². The second-order valence-electron chi connectivity index (χ2n) is 4.64. The van der Waals surface area contributed by atoms with Gasteiger partial charge >= 0.3 is 0 Å². The predicted molar refractivity (Wildman–Crippen MR) is 70.1 cm³/mol. The van der Waals surface area contributed by atoms with Crippen LogP contribution in [0.1, 0.15) is 32.6 Å². The fourth-order valence-electron chi connectivity index (χ4n) is 2.07. The third-order valence-corrected chi connectivity index (χ3v) is 5.40. The van der Waals surface area contributed by atoms with E-state index in [9.17, 15) is 8.42 Å². The lowest BCUT2D eigenvalue weighted by Gasteiger charge is -2.33. The van der Waals surface area contributed by atoms with Crippen molar-refractivity contribution in [3.05, 3.63) is 0 Å². The predicted octanol–water partition coefficient (Wildman–Crippen LogP) is 0.647. The van der Waals surface area contributed by atoms with Crippen LogP contribution in [0, 0.1) is 0 Å². The zero-order valence-corrected chi connectivity index (χ0v) is 12.0. The molecule has 0 aliphatic carbocycles. The molecular formula is C11H25N3O2S. The highest BCUT2D eigenvalue weighted by Crippen LogP contribution is 2.16. The Bertz CT molecular complexity index is 311. The van der Waals surface area contributed by atoms with Gasteiger partial charge < -0.3 is 5.32 Å². The lowest BCUT2D eigenvalue weighted by atomic mass is 10.1. The Morgan fingerprint density at radius 3 is 2.41 bits per heavy atom. The van der Waals surface area contributed by atoms with E-state index in [1.807, 2.05) is 7.05 Å². The van der Waals surface area contributed by atoms with Gasteiger partial charge in [0.1, 0.15) is 0 Å². The summed E-state index contributed by atoms with van der Waals surface area (Å²) in [7, 11) is 0.381. The van der Waals surface area contributed by atoms with Crippen molar-refractivity contribution < 1.29 is 8.42 Å². The van der Waals surface area contributed by atoms with Crippen LogP contribution in [0.5, 0.6) is 0 Å². The van der Waals surface area contributed by atoms with Gasteiger partial charge in [0.25, 0.3) is 10.2 Å². The average Bonchev–Trinajstić information content (AvgIpc) is 2.35. The summed E-state index contributed by atoms with van der Waals surface area (Å²) in [6, 6.07) is 0.461. The maximum Gasteiger partial charge on any atom is 0.281 e. The number of nitrogens with one attached hydrogen (secondary N) is 1. The van der Waals surface area contributed by atoms with Crippen molar-refractivity contribution in [2.45, 2.75) is 38.6 Å². The number of hydrogen-bond donors (Lipinski definition) is 1. The molecule has 1 aliphatic rings.